The van der Waals surface area contributed by atoms with E-state index < -0.39 is 0 Å². The number of nitrogens with zero attached hydrogens (tertiary/aromatic N) is 2. The highest BCUT2D eigenvalue weighted by Crippen LogP contribution is 2.29. The van der Waals surface area contributed by atoms with Gasteiger partial charge in [0.05, 0.1) is 5.69 Å². The van der Waals surface area contributed by atoms with Crippen LogP contribution >= 0.6 is 0 Å². The van der Waals surface area contributed by atoms with Crippen LogP contribution in [0.5, 0.6) is 5.75 Å². The number of aromatic nitrogens is 1. The molecule has 2 heterocycles. The average Bonchev–Trinajstić information content (AvgIpc) is 3.03. The van der Waals surface area contributed by atoms with Crippen LogP contribution in [-0.4, -0.2) is 28.6 Å². The molecule has 0 amide bonds. The van der Waals surface area contributed by atoms with Crippen molar-refractivity contribution in [2.45, 2.75) is 25.5 Å². The molecule has 2 aromatic carbocycles. The van der Waals surface area contributed by atoms with Gasteiger partial charge in [-0.15, -0.1) is 0 Å². The molecule has 0 bridgehead atoms. The summed E-state index contributed by atoms with van der Waals surface area (Å²) in [5.41, 5.74) is 3.09. The second kappa shape index (κ2) is 7.49. The molecule has 138 valence electrons. The minimum absolute atomic E-state index is 0.265. The molecular weight excluding hydrogens is 339 g/mol. The van der Waals surface area contributed by atoms with Crippen molar-refractivity contribution in [2.75, 3.05) is 13.1 Å². The van der Waals surface area contributed by atoms with Crippen molar-refractivity contribution >= 4 is 0 Å². The Morgan fingerprint density at radius 1 is 1.07 bits per heavy atom. The minimum atomic E-state index is -0.290. The predicted molar refractivity (Wildman–Crippen MR) is 105 cm³/mol. The van der Waals surface area contributed by atoms with Gasteiger partial charge in [-0.1, -0.05) is 36.4 Å². The SMILES string of the molecule is CC1(Oc2cccc(F)c2)CCN(Cc2ccc(-c3ccccn3)cc2)C1. The van der Waals surface area contributed by atoms with Crippen LogP contribution in [0.1, 0.15) is 18.9 Å². The molecule has 0 spiro atoms. The smallest absolute Gasteiger partial charge is 0.126 e. The summed E-state index contributed by atoms with van der Waals surface area (Å²) in [5.74, 6) is 0.331. The van der Waals surface area contributed by atoms with E-state index in [0.717, 1.165) is 37.3 Å². The van der Waals surface area contributed by atoms with Crippen LogP contribution in [0.2, 0.25) is 0 Å². The maximum absolute atomic E-state index is 13.4. The van der Waals surface area contributed by atoms with E-state index in [-0.39, 0.29) is 11.4 Å². The Hall–Kier alpha value is -2.72. The first-order chi connectivity index (χ1) is 13.1. The third kappa shape index (κ3) is 4.34. The van der Waals surface area contributed by atoms with Gasteiger partial charge in [0.15, 0.2) is 0 Å². The predicted octanol–water partition coefficient (Wildman–Crippen LogP) is 4.93. The zero-order valence-corrected chi connectivity index (χ0v) is 15.4. The van der Waals surface area contributed by atoms with E-state index in [2.05, 4.69) is 41.1 Å². The molecule has 4 heteroatoms. The summed E-state index contributed by atoms with van der Waals surface area (Å²) in [6, 6.07) is 20.9. The van der Waals surface area contributed by atoms with Gasteiger partial charge in [0.2, 0.25) is 0 Å². The molecule has 1 aliphatic rings. The Labute approximate surface area is 159 Å². The molecule has 1 atom stereocenters. The Bertz CT molecular complexity index is 898. The van der Waals surface area contributed by atoms with Crippen molar-refractivity contribution in [2.24, 2.45) is 0 Å². The van der Waals surface area contributed by atoms with Gasteiger partial charge in [0, 0.05) is 43.9 Å². The van der Waals surface area contributed by atoms with E-state index in [9.17, 15) is 4.39 Å². The van der Waals surface area contributed by atoms with Crippen molar-refractivity contribution in [3.8, 4) is 17.0 Å². The van der Waals surface area contributed by atoms with Crippen molar-refractivity contribution < 1.29 is 9.13 Å². The van der Waals surface area contributed by atoms with Crippen LogP contribution in [0.4, 0.5) is 4.39 Å². The largest absolute Gasteiger partial charge is 0.486 e. The average molecular weight is 362 g/mol. The molecule has 0 aliphatic carbocycles. The van der Waals surface area contributed by atoms with Gasteiger partial charge < -0.3 is 4.74 Å². The van der Waals surface area contributed by atoms with Crippen molar-refractivity contribution in [3.05, 3.63) is 84.3 Å². The molecule has 4 rings (SSSR count). The van der Waals surface area contributed by atoms with E-state index >= 15 is 0 Å². The van der Waals surface area contributed by atoms with Crippen LogP contribution < -0.4 is 4.74 Å². The summed E-state index contributed by atoms with van der Waals surface area (Å²) in [6.07, 6.45) is 2.74. The molecule has 3 aromatic rings. The number of ether oxygens (including phenoxy) is 1. The van der Waals surface area contributed by atoms with Gasteiger partial charge in [-0.2, -0.15) is 0 Å². The molecule has 1 fully saturated rings. The van der Waals surface area contributed by atoms with E-state index in [4.69, 9.17) is 4.74 Å². The molecule has 1 aromatic heterocycles. The second-order valence-corrected chi connectivity index (χ2v) is 7.38. The van der Waals surface area contributed by atoms with E-state index in [1.165, 1.54) is 17.7 Å². The summed E-state index contributed by atoms with van der Waals surface area (Å²) in [5, 5.41) is 0. The molecule has 0 saturated carbocycles. The summed E-state index contributed by atoms with van der Waals surface area (Å²) >= 11 is 0. The Morgan fingerprint density at radius 2 is 1.93 bits per heavy atom. The fourth-order valence-electron chi connectivity index (χ4n) is 3.63. The third-order valence-corrected chi connectivity index (χ3v) is 5.00. The first kappa shape index (κ1) is 17.7. The van der Waals surface area contributed by atoms with Crippen molar-refractivity contribution in [1.29, 1.82) is 0 Å². The molecule has 0 radical (unpaired) electrons. The van der Waals surface area contributed by atoms with Crippen LogP contribution in [0.3, 0.4) is 0 Å². The first-order valence-corrected chi connectivity index (χ1v) is 9.27. The lowest BCUT2D eigenvalue weighted by molar-refractivity contribution is 0.0947. The Morgan fingerprint density at radius 3 is 2.67 bits per heavy atom. The summed E-state index contributed by atoms with van der Waals surface area (Å²) < 4.78 is 19.5. The van der Waals surface area contributed by atoms with Crippen molar-refractivity contribution in [3.63, 3.8) is 0 Å². The second-order valence-electron chi connectivity index (χ2n) is 7.38. The molecule has 27 heavy (non-hydrogen) atoms. The van der Waals surface area contributed by atoms with Gasteiger partial charge >= 0.3 is 0 Å². The maximum atomic E-state index is 13.4. The number of benzene rings is 2. The summed E-state index contributed by atoms with van der Waals surface area (Å²) in [6.45, 7) is 4.77. The maximum Gasteiger partial charge on any atom is 0.126 e. The van der Waals surface area contributed by atoms with Gasteiger partial charge in [-0.05, 0) is 36.8 Å². The fourth-order valence-corrected chi connectivity index (χ4v) is 3.63. The minimum Gasteiger partial charge on any atom is -0.486 e. The summed E-state index contributed by atoms with van der Waals surface area (Å²) in [4.78, 5) is 6.78. The van der Waals surface area contributed by atoms with Crippen LogP contribution in [0.25, 0.3) is 11.3 Å². The highest BCUT2D eigenvalue weighted by molar-refractivity contribution is 5.58. The quantitative estimate of drug-likeness (QED) is 0.643. The van der Waals surface area contributed by atoms with E-state index in [0.29, 0.717) is 5.75 Å². The van der Waals surface area contributed by atoms with Gasteiger partial charge in [0.25, 0.3) is 0 Å². The number of hydrogen-bond acceptors (Lipinski definition) is 3. The highest BCUT2D eigenvalue weighted by Gasteiger charge is 2.35. The zero-order valence-electron chi connectivity index (χ0n) is 15.4. The number of likely N-dealkylation sites (tertiary alicyclic amines) is 1. The lowest BCUT2D eigenvalue weighted by atomic mass is 10.1. The normalized spacial score (nSPS) is 19.9. The third-order valence-electron chi connectivity index (χ3n) is 5.00. The van der Waals surface area contributed by atoms with Crippen molar-refractivity contribution in [1.82, 2.24) is 9.88 Å². The molecule has 0 N–H and O–H groups in total. The Balaban J connectivity index is 1.38. The molecule has 1 aliphatic heterocycles. The molecular formula is C23H23FN2O. The topological polar surface area (TPSA) is 25.4 Å². The van der Waals surface area contributed by atoms with Gasteiger partial charge in [0.1, 0.15) is 17.2 Å². The number of hydrogen-bond donors (Lipinski definition) is 0. The monoisotopic (exact) mass is 362 g/mol. The Kier molecular flexibility index (Phi) is 4.90. The van der Waals surface area contributed by atoms with E-state index in [1.54, 1.807) is 6.07 Å². The zero-order chi connectivity index (χ0) is 18.7. The first-order valence-electron chi connectivity index (χ1n) is 9.27. The number of halogens is 1. The number of pyridine rings is 1. The summed E-state index contributed by atoms with van der Waals surface area (Å²) in [7, 11) is 0. The standard InChI is InChI=1S/C23H23FN2O/c1-23(27-21-6-4-5-20(24)15-21)12-14-26(17-23)16-18-8-10-19(11-9-18)22-7-2-3-13-25-22/h2-11,13,15H,12,14,16-17H2,1H3. The highest BCUT2D eigenvalue weighted by atomic mass is 19.1. The number of rotatable bonds is 5. The lowest BCUT2D eigenvalue weighted by Gasteiger charge is -2.26. The van der Waals surface area contributed by atoms with Crippen LogP contribution in [0.15, 0.2) is 72.9 Å². The van der Waals surface area contributed by atoms with Crippen LogP contribution in [-0.2, 0) is 6.54 Å². The molecule has 1 saturated heterocycles. The fraction of sp³-hybridized carbons (Fsp3) is 0.261. The van der Waals surface area contributed by atoms with E-state index in [1.807, 2.05) is 30.5 Å². The molecule has 3 nitrogen and oxygen atoms in total. The lowest BCUT2D eigenvalue weighted by Crippen LogP contribution is -2.35. The van der Waals surface area contributed by atoms with Gasteiger partial charge in [-0.3, -0.25) is 9.88 Å². The van der Waals surface area contributed by atoms with Crippen LogP contribution in [0, 0.1) is 5.82 Å². The van der Waals surface area contributed by atoms with Gasteiger partial charge in [-0.25, -0.2) is 4.39 Å². The molecule has 1 unspecified atom stereocenters.